The zero-order valence-corrected chi connectivity index (χ0v) is 21.5. The lowest BCUT2D eigenvalue weighted by atomic mass is 10.00. The summed E-state index contributed by atoms with van der Waals surface area (Å²) in [5.74, 6) is 0.725. The molecule has 0 bridgehead atoms. The molecule has 2 aliphatic rings. The van der Waals surface area contributed by atoms with Crippen LogP contribution in [0.15, 0.2) is 36.4 Å². The van der Waals surface area contributed by atoms with E-state index in [4.69, 9.17) is 9.72 Å². The quantitative estimate of drug-likeness (QED) is 0.547. The summed E-state index contributed by atoms with van der Waals surface area (Å²) in [6.07, 6.45) is 4.06. The van der Waals surface area contributed by atoms with Crippen molar-refractivity contribution < 1.29 is 14.3 Å². The van der Waals surface area contributed by atoms with Crippen LogP contribution >= 0.6 is 0 Å². The molecular formula is C28H38N4O3. The van der Waals surface area contributed by atoms with Gasteiger partial charge in [0.15, 0.2) is 0 Å². The van der Waals surface area contributed by atoms with Crippen molar-refractivity contribution in [1.29, 1.82) is 0 Å². The van der Waals surface area contributed by atoms with Crippen LogP contribution in [0.25, 0.3) is 0 Å². The minimum absolute atomic E-state index is 0.0138. The van der Waals surface area contributed by atoms with Crippen LogP contribution < -0.4 is 5.32 Å². The number of pyridine rings is 1. The van der Waals surface area contributed by atoms with E-state index in [2.05, 4.69) is 23.5 Å². The number of carbonyl (C=O) groups is 2. The van der Waals surface area contributed by atoms with Gasteiger partial charge in [-0.3, -0.25) is 4.79 Å². The van der Waals surface area contributed by atoms with Gasteiger partial charge >= 0.3 is 12.0 Å². The first kappa shape index (κ1) is 25.0. The summed E-state index contributed by atoms with van der Waals surface area (Å²) in [4.78, 5) is 34.6. The van der Waals surface area contributed by atoms with Crippen molar-refractivity contribution in [1.82, 2.24) is 14.8 Å². The molecule has 1 N–H and O–H groups in total. The summed E-state index contributed by atoms with van der Waals surface area (Å²) >= 11 is 0. The molecule has 3 heterocycles. The summed E-state index contributed by atoms with van der Waals surface area (Å²) in [7, 11) is 0. The molecule has 0 radical (unpaired) electrons. The number of carbonyl (C=O) groups excluding carboxylic acids is 2. The lowest BCUT2D eigenvalue weighted by Gasteiger charge is -2.29. The van der Waals surface area contributed by atoms with Crippen LogP contribution in [0.5, 0.6) is 0 Å². The Labute approximate surface area is 208 Å². The van der Waals surface area contributed by atoms with E-state index in [0.717, 1.165) is 54.9 Å². The summed E-state index contributed by atoms with van der Waals surface area (Å²) in [6, 6.07) is 12.0. The van der Waals surface area contributed by atoms with Gasteiger partial charge in [0.25, 0.3) is 0 Å². The Hall–Kier alpha value is -3.09. The fourth-order valence-electron chi connectivity index (χ4n) is 4.88. The second-order valence-corrected chi connectivity index (χ2v) is 10.6. The minimum atomic E-state index is -0.560. The van der Waals surface area contributed by atoms with Gasteiger partial charge in [-0.05, 0) is 70.6 Å². The number of amides is 2. The number of hydrogen-bond acceptors (Lipinski definition) is 5. The van der Waals surface area contributed by atoms with Crippen LogP contribution in [0.3, 0.4) is 0 Å². The normalized spacial score (nSPS) is 16.6. The molecule has 1 fully saturated rings. The maximum absolute atomic E-state index is 13.4. The first-order chi connectivity index (χ1) is 16.7. The fraction of sp³-hybridized carbons (Fsp3) is 0.536. The third-order valence-corrected chi connectivity index (χ3v) is 6.52. The number of benzene rings is 1. The average Bonchev–Trinajstić information content (AvgIpc) is 3.16. The zero-order chi connectivity index (χ0) is 25.0. The van der Waals surface area contributed by atoms with E-state index in [1.807, 2.05) is 55.7 Å². The Morgan fingerprint density at radius 1 is 1.20 bits per heavy atom. The monoisotopic (exact) mass is 478 g/mol. The third-order valence-electron chi connectivity index (χ3n) is 6.52. The van der Waals surface area contributed by atoms with Gasteiger partial charge in [-0.15, -0.1) is 0 Å². The number of rotatable bonds is 8. The number of fused-ring (bicyclic) bond motifs is 1. The molecule has 1 aromatic heterocycles. The van der Waals surface area contributed by atoms with Gasteiger partial charge in [0.1, 0.15) is 11.4 Å². The molecule has 2 aromatic rings. The van der Waals surface area contributed by atoms with Crippen molar-refractivity contribution in [3.05, 3.63) is 58.8 Å². The van der Waals surface area contributed by atoms with Crippen LogP contribution in [0.2, 0.25) is 0 Å². The van der Waals surface area contributed by atoms with Crippen LogP contribution in [0, 0.1) is 6.92 Å². The number of aryl methyl sites for hydroxylation is 3. The van der Waals surface area contributed by atoms with E-state index in [9.17, 15) is 9.59 Å². The summed E-state index contributed by atoms with van der Waals surface area (Å²) in [5.41, 5.74) is 3.86. The van der Waals surface area contributed by atoms with Gasteiger partial charge < -0.3 is 19.9 Å². The molecule has 0 aliphatic carbocycles. The molecule has 0 unspecified atom stereocenters. The summed E-state index contributed by atoms with van der Waals surface area (Å²) in [5, 5.41) is 3.39. The van der Waals surface area contributed by atoms with Crippen LogP contribution in [-0.2, 0) is 22.4 Å². The zero-order valence-electron chi connectivity index (χ0n) is 21.5. The molecular weight excluding hydrogens is 440 g/mol. The van der Waals surface area contributed by atoms with E-state index >= 15 is 0 Å². The van der Waals surface area contributed by atoms with E-state index < -0.39 is 5.60 Å². The minimum Gasteiger partial charge on any atom is -0.460 e. The molecule has 7 nitrogen and oxygen atoms in total. The molecule has 0 saturated carbocycles. The van der Waals surface area contributed by atoms with Crippen molar-refractivity contribution in [3.63, 3.8) is 0 Å². The molecule has 7 heteroatoms. The average molecular weight is 479 g/mol. The van der Waals surface area contributed by atoms with Gasteiger partial charge in [-0.1, -0.05) is 35.9 Å². The van der Waals surface area contributed by atoms with Gasteiger partial charge in [0.2, 0.25) is 0 Å². The Kier molecular flexibility index (Phi) is 7.63. The lowest BCUT2D eigenvalue weighted by molar-refractivity contribution is -0.156. The largest absolute Gasteiger partial charge is 0.460 e. The van der Waals surface area contributed by atoms with Crippen molar-refractivity contribution in [2.24, 2.45) is 0 Å². The third kappa shape index (κ3) is 6.53. The van der Waals surface area contributed by atoms with Crippen molar-refractivity contribution in [3.8, 4) is 0 Å². The van der Waals surface area contributed by atoms with Gasteiger partial charge in [0.05, 0.1) is 12.5 Å². The van der Waals surface area contributed by atoms with Crippen LogP contribution in [0.1, 0.15) is 68.5 Å². The highest BCUT2D eigenvalue weighted by Crippen LogP contribution is 2.30. The molecule has 2 amide bonds. The molecule has 1 saturated heterocycles. The number of urea groups is 1. The number of anilines is 1. The van der Waals surface area contributed by atoms with E-state index in [1.54, 1.807) is 0 Å². The molecule has 1 aromatic carbocycles. The Morgan fingerprint density at radius 3 is 2.80 bits per heavy atom. The Morgan fingerprint density at radius 2 is 2.03 bits per heavy atom. The van der Waals surface area contributed by atoms with Gasteiger partial charge in [0, 0.05) is 31.9 Å². The number of nitrogens with zero attached hydrogens (tertiary/aromatic N) is 3. The molecule has 35 heavy (non-hydrogen) atoms. The molecule has 188 valence electrons. The van der Waals surface area contributed by atoms with Gasteiger partial charge in [-0.25, -0.2) is 9.78 Å². The Bertz CT molecular complexity index is 1060. The second-order valence-electron chi connectivity index (χ2n) is 10.6. The number of ether oxygens (including phenoxy) is 1. The SMILES string of the molecule is Cc1cccc([C@H](CC(=O)OC(C)(C)C)N2CCN(CCCc3ccc4c(n3)NCCC4)C2=O)c1. The number of esters is 1. The Balaban J connectivity index is 1.39. The first-order valence-corrected chi connectivity index (χ1v) is 12.8. The van der Waals surface area contributed by atoms with E-state index in [1.165, 1.54) is 5.56 Å². The van der Waals surface area contributed by atoms with E-state index in [0.29, 0.717) is 19.6 Å². The summed E-state index contributed by atoms with van der Waals surface area (Å²) in [6.45, 7) is 10.5. The van der Waals surface area contributed by atoms with E-state index in [-0.39, 0.29) is 24.5 Å². The predicted molar refractivity (Wildman–Crippen MR) is 137 cm³/mol. The van der Waals surface area contributed by atoms with Crippen molar-refractivity contribution in [2.45, 2.75) is 71.4 Å². The highest BCUT2D eigenvalue weighted by atomic mass is 16.6. The fourth-order valence-corrected chi connectivity index (χ4v) is 4.88. The highest BCUT2D eigenvalue weighted by Gasteiger charge is 2.36. The molecule has 2 aliphatic heterocycles. The van der Waals surface area contributed by atoms with Crippen LogP contribution in [-0.4, -0.2) is 58.6 Å². The molecule has 0 spiro atoms. The smallest absolute Gasteiger partial charge is 0.320 e. The second kappa shape index (κ2) is 10.7. The standard InChI is InChI=1S/C28H38N4O3/c1-20-8-5-9-22(18-20)24(19-25(33)35-28(2,3)4)32-17-16-31(27(32)34)15-7-11-23-13-12-21-10-6-14-29-26(21)30-23/h5,8-9,12-13,18,24H,6-7,10-11,14-17,19H2,1-4H3,(H,29,30)/t24-/m0/s1. The molecule has 1 atom stereocenters. The number of nitrogens with one attached hydrogen (secondary N) is 1. The summed E-state index contributed by atoms with van der Waals surface area (Å²) < 4.78 is 5.59. The highest BCUT2D eigenvalue weighted by molar-refractivity contribution is 5.79. The van der Waals surface area contributed by atoms with Crippen molar-refractivity contribution >= 4 is 17.8 Å². The van der Waals surface area contributed by atoms with Gasteiger partial charge in [-0.2, -0.15) is 0 Å². The van der Waals surface area contributed by atoms with Crippen LogP contribution in [0.4, 0.5) is 10.6 Å². The lowest BCUT2D eigenvalue weighted by Crippen LogP contribution is -2.37. The number of aromatic nitrogens is 1. The maximum atomic E-state index is 13.4. The first-order valence-electron chi connectivity index (χ1n) is 12.8. The molecule has 4 rings (SSSR count). The van der Waals surface area contributed by atoms with Crippen molar-refractivity contribution in [2.75, 3.05) is 31.5 Å². The predicted octanol–water partition coefficient (Wildman–Crippen LogP) is 4.89. The maximum Gasteiger partial charge on any atom is 0.320 e. The topological polar surface area (TPSA) is 74.8 Å². The number of hydrogen-bond donors (Lipinski definition) is 1.